The first-order chi connectivity index (χ1) is 17.7. The number of rotatable bonds is 4. The molecule has 3 atom stereocenters. The van der Waals surface area contributed by atoms with Crippen molar-refractivity contribution >= 4 is 45.6 Å². The quantitative estimate of drug-likeness (QED) is 0.278. The van der Waals surface area contributed by atoms with E-state index in [2.05, 4.69) is 0 Å². The van der Waals surface area contributed by atoms with E-state index in [0.717, 1.165) is 0 Å². The Morgan fingerprint density at radius 2 is 1.48 bits per heavy atom. The van der Waals surface area contributed by atoms with E-state index in [0.29, 0.717) is 33.0 Å². The van der Waals surface area contributed by atoms with Crippen molar-refractivity contribution < 1.29 is 12.0 Å². The number of hydrogen-bond donors (Lipinski definition) is 1. The molecule has 0 saturated heterocycles. The lowest BCUT2D eigenvalue weighted by Gasteiger charge is -2.40. The van der Waals surface area contributed by atoms with Crippen LogP contribution in [-0.2, 0) is 5.60 Å². The Balaban J connectivity index is 2.01. The highest BCUT2D eigenvalue weighted by atomic mass is 35.5. The average Bonchev–Trinajstić information content (AvgIpc) is 3.32. The van der Waals surface area contributed by atoms with Gasteiger partial charge in [0, 0.05) is 22.3 Å². The molecule has 0 amide bonds. The summed E-state index contributed by atoms with van der Waals surface area (Å²) in [4.78, 5) is 0. The SMILES string of the molecule is [2H]c1c([2H])c([2H])c(-c2c(C)c([C@](O)(c3ccccc3)[C@]3(C)[C@@H](C)C3(Cl)Cl)c(Cl)c3ccccc23)c([2H])c1[2H]. The van der Waals surface area contributed by atoms with E-state index >= 15 is 0 Å². The molecule has 1 aliphatic carbocycles. The Morgan fingerprint density at radius 1 is 0.939 bits per heavy atom. The van der Waals surface area contributed by atoms with Crippen LogP contribution in [0.1, 0.15) is 37.4 Å². The van der Waals surface area contributed by atoms with Gasteiger partial charge in [-0.05, 0) is 34.6 Å². The first-order valence-electron chi connectivity index (χ1n) is 13.2. The molecule has 0 bridgehead atoms. The summed E-state index contributed by atoms with van der Waals surface area (Å²) in [6.45, 7) is 5.44. The topological polar surface area (TPSA) is 20.2 Å². The van der Waals surface area contributed by atoms with E-state index in [1.807, 2.05) is 32.0 Å². The maximum absolute atomic E-state index is 12.9. The minimum Gasteiger partial charge on any atom is -0.380 e. The van der Waals surface area contributed by atoms with Gasteiger partial charge in [0.2, 0.25) is 0 Å². The molecule has 1 N–H and O–H groups in total. The van der Waals surface area contributed by atoms with Crippen molar-refractivity contribution in [3.63, 3.8) is 0 Å². The van der Waals surface area contributed by atoms with Crippen LogP contribution in [0.3, 0.4) is 0 Å². The van der Waals surface area contributed by atoms with Crippen LogP contribution in [0.15, 0.2) is 84.8 Å². The molecule has 4 aromatic carbocycles. The predicted octanol–water partition coefficient (Wildman–Crippen LogP) is 8.53. The summed E-state index contributed by atoms with van der Waals surface area (Å²) < 4.78 is 40.8. The predicted molar refractivity (Wildman–Crippen MR) is 140 cm³/mol. The lowest BCUT2D eigenvalue weighted by molar-refractivity contribution is 0.00126. The van der Waals surface area contributed by atoms with Crippen LogP contribution in [-0.4, -0.2) is 9.44 Å². The zero-order valence-electron chi connectivity index (χ0n) is 23.4. The normalized spacial score (nSPS) is 25.4. The first-order valence-corrected chi connectivity index (χ1v) is 11.8. The Labute approximate surface area is 217 Å². The average molecular weight is 501 g/mol. The van der Waals surface area contributed by atoms with E-state index in [-0.39, 0.29) is 28.6 Å². The second-order valence-electron chi connectivity index (χ2n) is 8.86. The highest BCUT2D eigenvalue weighted by Crippen LogP contribution is 2.77. The number of fused-ring (bicyclic) bond motifs is 1. The second-order valence-corrected chi connectivity index (χ2v) is 10.6. The van der Waals surface area contributed by atoms with Gasteiger partial charge in [-0.15, -0.1) is 23.2 Å². The van der Waals surface area contributed by atoms with Gasteiger partial charge in [-0.1, -0.05) is 110 Å². The van der Waals surface area contributed by atoms with Crippen molar-refractivity contribution in [2.24, 2.45) is 11.3 Å². The van der Waals surface area contributed by atoms with Gasteiger partial charge < -0.3 is 5.11 Å². The molecule has 1 nitrogen and oxygen atoms in total. The standard InChI is InChI=1S/C29H25Cl3O/c1-18-24(20-12-6-4-7-13-20)22-16-10-11-17-23(22)26(30)25(18)28(33,21-14-8-5-9-15-21)27(3)19(2)29(27,31)32/h4-17,19,33H,1-3H3/t19-,27+,28-/m1/s1/i4D,6D,7D,12D,13D. The minimum atomic E-state index is -1.79. The van der Waals surface area contributed by atoms with E-state index in [1.54, 1.807) is 43.3 Å². The summed E-state index contributed by atoms with van der Waals surface area (Å²) in [5, 5.41) is 14.3. The Hall–Kier alpha value is -2.03. The maximum Gasteiger partial charge on any atom is 0.130 e. The molecule has 0 spiro atoms. The van der Waals surface area contributed by atoms with Crippen molar-refractivity contribution in [1.29, 1.82) is 0 Å². The molecule has 1 saturated carbocycles. The summed E-state index contributed by atoms with van der Waals surface area (Å²) in [5.41, 5.74) is -1.08. The zero-order valence-corrected chi connectivity index (χ0v) is 20.6. The summed E-state index contributed by atoms with van der Waals surface area (Å²) in [7, 11) is 0. The van der Waals surface area contributed by atoms with Crippen LogP contribution in [0.2, 0.25) is 5.02 Å². The third-order valence-electron chi connectivity index (χ3n) is 7.48. The fraction of sp³-hybridized carbons (Fsp3) is 0.241. The molecule has 33 heavy (non-hydrogen) atoms. The third kappa shape index (κ3) is 2.96. The van der Waals surface area contributed by atoms with Crippen molar-refractivity contribution in [1.82, 2.24) is 0 Å². The monoisotopic (exact) mass is 499 g/mol. The Morgan fingerprint density at radius 3 is 2.06 bits per heavy atom. The highest BCUT2D eigenvalue weighted by Gasteiger charge is 2.79. The molecule has 0 unspecified atom stereocenters. The fourth-order valence-electron chi connectivity index (χ4n) is 5.32. The van der Waals surface area contributed by atoms with Crippen LogP contribution in [0.4, 0.5) is 0 Å². The molecule has 0 heterocycles. The van der Waals surface area contributed by atoms with Gasteiger partial charge in [0.05, 0.1) is 11.9 Å². The molecular weight excluding hydrogens is 471 g/mol. The number of halogens is 3. The number of aliphatic hydroxyl groups is 1. The number of benzene rings is 4. The van der Waals surface area contributed by atoms with Crippen molar-refractivity contribution in [3.05, 3.63) is 107 Å². The molecule has 168 valence electrons. The Bertz CT molecular complexity index is 1600. The fourth-order valence-corrected chi connectivity index (χ4v) is 6.69. The number of alkyl halides is 2. The maximum atomic E-state index is 12.9. The van der Waals surface area contributed by atoms with Gasteiger partial charge in [-0.3, -0.25) is 0 Å². The van der Waals surface area contributed by atoms with Gasteiger partial charge in [0.25, 0.3) is 0 Å². The van der Waals surface area contributed by atoms with E-state index in [4.69, 9.17) is 41.7 Å². The van der Waals surface area contributed by atoms with Gasteiger partial charge in [-0.2, -0.15) is 0 Å². The van der Waals surface area contributed by atoms with E-state index in [1.165, 1.54) is 0 Å². The van der Waals surface area contributed by atoms with E-state index < -0.39 is 33.5 Å². The Kier molecular flexibility index (Phi) is 4.09. The van der Waals surface area contributed by atoms with Crippen molar-refractivity contribution in [3.8, 4) is 11.1 Å². The van der Waals surface area contributed by atoms with Gasteiger partial charge >= 0.3 is 0 Å². The molecule has 4 heteroatoms. The van der Waals surface area contributed by atoms with Crippen LogP contribution in [0.5, 0.6) is 0 Å². The summed E-state index contributed by atoms with van der Waals surface area (Å²) in [6, 6.07) is 14.2. The van der Waals surface area contributed by atoms with Gasteiger partial charge in [0.15, 0.2) is 0 Å². The smallest absolute Gasteiger partial charge is 0.130 e. The van der Waals surface area contributed by atoms with E-state index in [9.17, 15) is 5.11 Å². The molecule has 0 radical (unpaired) electrons. The van der Waals surface area contributed by atoms with Crippen molar-refractivity contribution in [2.45, 2.75) is 30.7 Å². The largest absolute Gasteiger partial charge is 0.380 e. The summed E-state index contributed by atoms with van der Waals surface area (Å²) in [5.74, 6) is -0.324. The van der Waals surface area contributed by atoms with Crippen LogP contribution in [0, 0.1) is 18.3 Å². The molecule has 5 rings (SSSR count). The molecule has 1 fully saturated rings. The molecule has 4 aromatic rings. The summed E-state index contributed by atoms with van der Waals surface area (Å²) >= 11 is 20.7. The third-order valence-corrected chi connectivity index (χ3v) is 9.31. The van der Waals surface area contributed by atoms with Crippen LogP contribution < -0.4 is 0 Å². The van der Waals surface area contributed by atoms with Crippen LogP contribution >= 0.6 is 34.8 Å². The summed E-state index contributed by atoms with van der Waals surface area (Å²) in [6.07, 6.45) is 0. The lowest BCUT2D eigenvalue weighted by atomic mass is 9.70. The zero-order chi connectivity index (χ0) is 27.9. The van der Waals surface area contributed by atoms with Gasteiger partial charge in [0.1, 0.15) is 9.93 Å². The van der Waals surface area contributed by atoms with Gasteiger partial charge in [-0.25, -0.2) is 0 Å². The molecule has 1 aliphatic rings. The highest BCUT2D eigenvalue weighted by molar-refractivity contribution is 6.52. The molecule has 0 aromatic heterocycles. The molecular formula is C29H25Cl3O. The number of hydrogen-bond acceptors (Lipinski definition) is 1. The minimum absolute atomic E-state index is 0.0371. The first kappa shape index (κ1) is 17.4. The second kappa shape index (κ2) is 7.75. The van der Waals surface area contributed by atoms with Crippen LogP contribution in [0.25, 0.3) is 21.9 Å². The van der Waals surface area contributed by atoms with Crippen molar-refractivity contribution in [2.75, 3.05) is 0 Å². The molecule has 0 aliphatic heterocycles. The lowest BCUT2D eigenvalue weighted by Crippen LogP contribution is -2.41.